The highest BCUT2D eigenvalue weighted by molar-refractivity contribution is 5.95. The summed E-state index contributed by atoms with van der Waals surface area (Å²) in [6.07, 6.45) is 1.17. The maximum Gasteiger partial charge on any atom is 0.253 e. The summed E-state index contributed by atoms with van der Waals surface area (Å²) in [5.41, 5.74) is 0.655. The summed E-state index contributed by atoms with van der Waals surface area (Å²) < 4.78 is 10.9. The fraction of sp³-hybridized carbons (Fsp3) is 0.500. The maximum absolute atomic E-state index is 12.1. The molecule has 0 spiro atoms. The van der Waals surface area contributed by atoms with E-state index in [4.69, 9.17) is 9.47 Å². The van der Waals surface area contributed by atoms with Crippen LogP contribution in [0.3, 0.4) is 0 Å². The molecule has 1 aliphatic rings. The van der Waals surface area contributed by atoms with E-state index in [1.807, 2.05) is 18.7 Å². The largest absolute Gasteiger partial charge is 0.493 e. The van der Waals surface area contributed by atoms with Crippen LogP contribution >= 0.6 is 0 Å². The lowest BCUT2D eigenvalue weighted by molar-refractivity contribution is 0.0651. The first-order valence-electron chi connectivity index (χ1n) is 6.26. The third-order valence-electron chi connectivity index (χ3n) is 2.92. The Hall–Kier alpha value is -1.71. The number of hydrogen-bond acceptors (Lipinski definition) is 3. The van der Waals surface area contributed by atoms with Gasteiger partial charge in [0.05, 0.1) is 13.2 Å². The van der Waals surface area contributed by atoms with Gasteiger partial charge in [0.15, 0.2) is 11.5 Å². The van der Waals surface area contributed by atoms with Crippen LogP contribution in [-0.4, -0.2) is 37.1 Å². The molecule has 1 saturated heterocycles. The summed E-state index contributed by atoms with van der Waals surface area (Å²) in [4.78, 5) is 13.9. The van der Waals surface area contributed by atoms with Gasteiger partial charge in [-0.1, -0.05) is 0 Å². The number of amides is 1. The smallest absolute Gasteiger partial charge is 0.253 e. The van der Waals surface area contributed by atoms with Gasteiger partial charge in [0.1, 0.15) is 0 Å². The van der Waals surface area contributed by atoms with Gasteiger partial charge in [-0.3, -0.25) is 4.79 Å². The van der Waals surface area contributed by atoms with E-state index in [9.17, 15) is 4.79 Å². The Morgan fingerprint density at radius 3 is 2.50 bits per heavy atom. The molecule has 18 heavy (non-hydrogen) atoms. The minimum absolute atomic E-state index is 0.0654. The van der Waals surface area contributed by atoms with Crippen molar-refractivity contribution >= 4 is 5.91 Å². The van der Waals surface area contributed by atoms with Gasteiger partial charge in [0.25, 0.3) is 5.91 Å². The molecule has 4 nitrogen and oxygen atoms in total. The van der Waals surface area contributed by atoms with E-state index in [0.717, 1.165) is 19.5 Å². The molecule has 0 atom stereocenters. The molecule has 1 amide bonds. The van der Waals surface area contributed by atoms with Crippen LogP contribution in [0.4, 0.5) is 0 Å². The molecule has 1 aromatic carbocycles. The molecule has 0 bridgehead atoms. The van der Waals surface area contributed by atoms with Crippen molar-refractivity contribution in [3.05, 3.63) is 23.8 Å². The molecule has 1 aliphatic heterocycles. The average molecular weight is 249 g/mol. The first kappa shape index (κ1) is 12.7. The Bertz CT molecular complexity index is 439. The molecule has 0 aliphatic carbocycles. The second-order valence-corrected chi connectivity index (χ2v) is 4.68. The van der Waals surface area contributed by atoms with Crippen molar-refractivity contribution in [3.63, 3.8) is 0 Å². The molecular weight excluding hydrogens is 230 g/mol. The van der Waals surface area contributed by atoms with Crippen molar-refractivity contribution in [3.8, 4) is 11.5 Å². The van der Waals surface area contributed by atoms with E-state index in [2.05, 4.69) is 0 Å². The summed E-state index contributed by atoms with van der Waals surface area (Å²) in [5, 5.41) is 0. The van der Waals surface area contributed by atoms with E-state index in [-0.39, 0.29) is 12.0 Å². The molecule has 0 radical (unpaired) electrons. The molecule has 98 valence electrons. The fourth-order valence-corrected chi connectivity index (χ4v) is 1.85. The average Bonchev–Trinajstić information content (AvgIpc) is 2.26. The Kier molecular flexibility index (Phi) is 3.75. The van der Waals surface area contributed by atoms with E-state index in [1.54, 1.807) is 25.3 Å². The fourth-order valence-electron chi connectivity index (χ4n) is 1.85. The van der Waals surface area contributed by atoms with Crippen LogP contribution in [0.1, 0.15) is 30.6 Å². The molecule has 1 heterocycles. The lowest BCUT2D eigenvalue weighted by Gasteiger charge is -2.31. The third kappa shape index (κ3) is 2.58. The molecule has 4 heteroatoms. The van der Waals surface area contributed by atoms with Gasteiger partial charge in [0, 0.05) is 18.7 Å². The van der Waals surface area contributed by atoms with Gasteiger partial charge in [-0.15, -0.1) is 0 Å². The van der Waals surface area contributed by atoms with Crippen LogP contribution < -0.4 is 9.47 Å². The van der Waals surface area contributed by atoms with E-state index in [0.29, 0.717) is 17.1 Å². The normalized spacial score (nSPS) is 14.3. The number of carbonyl (C=O) groups excluding carboxylic acids is 1. The summed E-state index contributed by atoms with van der Waals surface area (Å²) >= 11 is 0. The lowest BCUT2D eigenvalue weighted by Crippen LogP contribution is -2.42. The molecule has 1 fully saturated rings. The zero-order valence-electron chi connectivity index (χ0n) is 11.1. The number of likely N-dealkylation sites (tertiary alicyclic amines) is 1. The predicted molar refractivity (Wildman–Crippen MR) is 69.3 cm³/mol. The van der Waals surface area contributed by atoms with E-state index >= 15 is 0 Å². The number of rotatable bonds is 4. The van der Waals surface area contributed by atoms with Crippen molar-refractivity contribution in [2.45, 2.75) is 26.4 Å². The molecule has 1 aromatic rings. The van der Waals surface area contributed by atoms with Gasteiger partial charge in [-0.25, -0.2) is 0 Å². The topological polar surface area (TPSA) is 38.8 Å². The predicted octanol–water partition coefficient (Wildman–Crippen LogP) is 2.33. The van der Waals surface area contributed by atoms with Gasteiger partial charge in [-0.05, 0) is 38.5 Å². The van der Waals surface area contributed by atoms with Gasteiger partial charge in [-0.2, -0.15) is 0 Å². The standard InChI is InChI=1S/C14H19NO3/c1-10(2)18-12-6-5-11(9-13(12)17-3)14(16)15-7-4-8-15/h5-6,9-10H,4,7-8H2,1-3H3. The van der Waals surface area contributed by atoms with Crippen molar-refractivity contribution < 1.29 is 14.3 Å². The quantitative estimate of drug-likeness (QED) is 0.822. The van der Waals surface area contributed by atoms with Crippen LogP contribution in [0.5, 0.6) is 11.5 Å². The third-order valence-corrected chi connectivity index (χ3v) is 2.92. The zero-order chi connectivity index (χ0) is 13.1. The Labute approximate surface area is 107 Å². The Morgan fingerprint density at radius 2 is 2.00 bits per heavy atom. The highest BCUT2D eigenvalue weighted by atomic mass is 16.5. The number of ether oxygens (including phenoxy) is 2. The minimum atomic E-state index is 0.0654. The number of benzene rings is 1. The molecule has 0 aromatic heterocycles. The summed E-state index contributed by atoms with van der Waals surface area (Å²) in [6.45, 7) is 5.62. The number of methoxy groups -OCH3 is 1. The highest BCUT2D eigenvalue weighted by Crippen LogP contribution is 2.29. The summed E-state index contributed by atoms with van der Waals surface area (Å²) in [5.74, 6) is 1.35. The van der Waals surface area contributed by atoms with Crippen LogP contribution in [0, 0.1) is 0 Å². The number of carbonyl (C=O) groups is 1. The zero-order valence-corrected chi connectivity index (χ0v) is 11.1. The van der Waals surface area contributed by atoms with Crippen molar-refractivity contribution in [1.82, 2.24) is 4.90 Å². The lowest BCUT2D eigenvalue weighted by atomic mass is 10.1. The second-order valence-electron chi connectivity index (χ2n) is 4.68. The SMILES string of the molecule is COc1cc(C(=O)N2CCC2)ccc1OC(C)C. The molecule has 0 unspecified atom stereocenters. The van der Waals surface area contributed by atoms with Gasteiger partial charge >= 0.3 is 0 Å². The van der Waals surface area contributed by atoms with Crippen molar-refractivity contribution in [1.29, 1.82) is 0 Å². The number of nitrogens with zero attached hydrogens (tertiary/aromatic N) is 1. The monoisotopic (exact) mass is 249 g/mol. The highest BCUT2D eigenvalue weighted by Gasteiger charge is 2.22. The van der Waals surface area contributed by atoms with Gasteiger partial charge < -0.3 is 14.4 Å². The van der Waals surface area contributed by atoms with E-state index < -0.39 is 0 Å². The minimum Gasteiger partial charge on any atom is -0.493 e. The van der Waals surface area contributed by atoms with Gasteiger partial charge in [0.2, 0.25) is 0 Å². The van der Waals surface area contributed by atoms with Crippen LogP contribution in [0.2, 0.25) is 0 Å². The molecule has 0 saturated carbocycles. The van der Waals surface area contributed by atoms with Crippen LogP contribution in [-0.2, 0) is 0 Å². The molecular formula is C14H19NO3. The van der Waals surface area contributed by atoms with Crippen molar-refractivity contribution in [2.75, 3.05) is 20.2 Å². The van der Waals surface area contributed by atoms with E-state index in [1.165, 1.54) is 0 Å². The molecule has 0 N–H and O–H groups in total. The van der Waals surface area contributed by atoms with Crippen LogP contribution in [0.25, 0.3) is 0 Å². The van der Waals surface area contributed by atoms with Crippen molar-refractivity contribution in [2.24, 2.45) is 0 Å². The summed E-state index contributed by atoms with van der Waals surface area (Å²) in [6, 6.07) is 5.34. The van der Waals surface area contributed by atoms with Crippen LogP contribution in [0.15, 0.2) is 18.2 Å². The first-order chi connectivity index (χ1) is 8.61. The first-order valence-corrected chi connectivity index (χ1v) is 6.26. The second kappa shape index (κ2) is 5.29. The summed E-state index contributed by atoms with van der Waals surface area (Å²) in [7, 11) is 1.58. The Morgan fingerprint density at radius 1 is 1.28 bits per heavy atom. The number of hydrogen-bond donors (Lipinski definition) is 0. The molecule has 2 rings (SSSR count). The maximum atomic E-state index is 12.1. The Balaban J connectivity index is 2.20.